The van der Waals surface area contributed by atoms with E-state index in [1.54, 1.807) is 12.1 Å². The highest BCUT2D eigenvalue weighted by Gasteiger charge is 2.13. The molecule has 0 spiro atoms. The van der Waals surface area contributed by atoms with Gasteiger partial charge in [-0.3, -0.25) is 4.21 Å². The third-order valence-electron chi connectivity index (χ3n) is 4.60. The first-order chi connectivity index (χ1) is 13.6. The molecule has 28 heavy (non-hydrogen) atoms. The monoisotopic (exact) mass is 391 g/mol. The summed E-state index contributed by atoms with van der Waals surface area (Å²) in [6, 6.07) is 26.1. The van der Waals surface area contributed by atoms with Crippen molar-refractivity contribution < 1.29 is 4.21 Å². The van der Waals surface area contributed by atoms with E-state index in [-0.39, 0.29) is 5.96 Å². The van der Waals surface area contributed by atoms with Gasteiger partial charge in [0.25, 0.3) is 0 Å². The van der Waals surface area contributed by atoms with Crippen molar-refractivity contribution in [3.8, 4) is 0 Å². The van der Waals surface area contributed by atoms with Crippen molar-refractivity contribution in [2.75, 3.05) is 0 Å². The van der Waals surface area contributed by atoms with Crippen molar-refractivity contribution in [1.29, 1.82) is 0 Å². The van der Waals surface area contributed by atoms with Gasteiger partial charge in [0.1, 0.15) is 0 Å². The Balaban J connectivity index is 1.81. The van der Waals surface area contributed by atoms with Gasteiger partial charge in [-0.05, 0) is 41.3 Å². The molecule has 4 N–H and O–H groups in total. The molecule has 0 saturated heterocycles. The molecule has 3 aromatic rings. The van der Waals surface area contributed by atoms with Crippen LogP contribution in [-0.2, 0) is 16.6 Å². The molecular weight excluding hydrogens is 366 g/mol. The molecule has 3 aromatic carbocycles. The van der Waals surface area contributed by atoms with E-state index in [2.05, 4.69) is 48.3 Å². The molecule has 5 heteroatoms. The molecule has 3 rings (SSSR count). The smallest absolute Gasteiger partial charge is 0.191 e. The number of nitrogens with zero attached hydrogens (tertiary/aromatic N) is 1. The molecule has 0 aliphatic carbocycles. The van der Waals surface area contributed by atoms with Crippen molar-refractivity contribution in [1.82, 2.24) is 0 Å². The Morgan fingerprint density at radius 3 is 2.36 bits per heavy atom. The fourth-order valence-electron chi connectivity index (χ4n) is 3.33. The second-order valence-electron chi connectivity index (χ2n) is 6.64. The average molecular weight is 392 g/mol. The van der Waals surface area contributed by atoms with E-state index in [0.717, 1.165) is 12.0 Å². The Morgan fingerprint density at radius 2 is 1.64 bits per heavy atom. The summed E-state index contributed by atoms with van der Waals surface area (Å²) in [5.74, 6) is 0.770. The summed E-state index contributed by atoms with van der Waals surface area (Å²) >= 11 is 0. The number of aliphatic imine (C=N–C) groups is 1. The Kier molecular flexibility index (Phi) is 6.61. The molecule has 0 radical (unpaired) electrons. The van der Waals surface area contributed by atoms with Crippen molar-refractivity contribution >= 4 is 22.4 Å². The first-order valence-electron chi connectivity index (χ1n) is 9.28. The average Bonchev–Trinajstić information content (AvgIpc) is 2.69. The van der Waals surface area contributed by atoms with Gasteiger partial charge in [-0.1, -0.05) is 67.6 Å². The third-order valence-corrected chi connectivity index (χ3v) is 5.98. The molecule has 0 heterocycles. The van der Waals surface area contributed by atoms with Gasteiger partial charge < -0.3 is 11.5 Å². The molecule has 0 saturated carbocycles. The molecule has 2 unspecified atom stereocenters. The maximum atomic E-state index is 12.9. The van der Waals surface area contributed by atoms with E-state index in [0.29, 0.717) is 22.3 Å². The minimum absolute atomic E-state index is 0.0119. The highest BCUT2D eigenvalue weighted by Crippen LogP contribution is 2.29. The number of rotatable bonds is 7. The summed E-state index contributed by atoms with van der Waals surface area (Å²) in [7, 11) is -1.18. The lowest BCUT2D eigenvalue weighted by atomic mass is 9.88. The predicted octanol–water partition coefficient (Wildman–Crippen LogP) is 4.44. The SMILES string of the molecule is CCC(c1ccccc1)c1cccc(CS(=O)c2cccc(N=C(N)N)c2)c1. The number of benzene rings is 3. The van der Waals surface area contributed by atoms with E-state index in [1.807, 2.05) is 30.3 Å². The molecule has 2 atom stereocenters. The minimum Gasteiger partial charge on any atom is -0.370 e. The van der Waals surface area contributed by atoms with Crippen LogP contribution in [0, 0.1) is 0 Å². The van der Waals surface area contributed by atoms with Gasteiger partial charge in [-0.2, -0.15) is 0 Å². The minimum atomic E-state index is -1.18. The molecule has 0 aromatic heterocycles. The Bertz CT molecular complexity index is 982. The summed E-state index contributed by atoms with van der Waals surface area (Å²) in [4.78, 5) is 4.74. The largest absolute Gasteiger partial charge is 0.370 e. The van der Waals surface area contributed by atoms with Gasteiger partial charge >= 0.3 is 0 Å². The van der Waals surface area contributed by atoms with Crippen LogP contribution >= 0.6 is 0 Å². The first kappa shape index (κ1) is 19.8. The van der Waals surface area contributed by atoms with Crippen molar-refractivity contribution in [3.63, 3.8) is 0 Å². The van der Waals surface area contributed by atoms with Crippen LogP contribution in [0.1, 0.15) is 36.0 Å². The van der Waals surface area contributed by atoms with Crippen LogP contribution in [0.25, 0.3) is 0 Å². The normalized spacial score (nSPS) is 12.9. The molecular formula is C23H25N3OS. The molecule has 0 aliphatic rings. The van der Waals surface area contributed by atoms with Gasteiger partial charge in [-0.25, -0.2) is 4.99 Å². The van der Waals surface area contributed by atoms with Gasteiger partial charge in [0, 0.05) is 10.8 Å². The molecule has 0 bridgehead atoms. The fourth-order valence-corrected chi connectivity index (χ4v) is 4.46. The standard InChI is InChI=1S/C23H25N3OS/c1-2-22(18-9-4-3-5-10-18)19-11-6-8-17(14-19)16-28(27)21-13-7-12-20(15-21)26-23(24)25/h3-15,22H,2,16H2,1H3,(H4,24,25,26). The number of hydrogen-bond acceptors (Lipinski definition) is 2. The van der Waals surface area contributed by atoms with Gasteiger partial charge in [0.05, 0.1) is 22.2 Å². The van der Waals surface area contributed by atoms with Gasteiger partial charge in [0.2, 0.25) is 0 Å². The maximum Gasteiger partial charge on any atom is 0.191 e. The second-order valence-corrected chi connectivity index (χ2v) is 8.09. The zero-order chi connectivity index (χ0) is 19.9. The molecule has 0 fully saturated rings. The summed E-state index contributed by atoms with van der Waals surface area (Å²) in [6.45, 7) is 2.19. The van der Waals surface area contributed by atoms with Crippen molar-refractivity contribution in [2.24, 2.45) is 16.5 Å². The summed E-state index contributed by atoms with van der Waals surface area (Å²) in [6.07, 6.45) is 1.01. The molecule has 0 amide bonds. The van der Waals surface area contributed by atoms with Crippen molar-refractivity contribution in [3.05, 3.63) is 95.6 Å². The summed E-state index contributed by atoms with van der Waals surface area (Å²) in [5.41, 5.74) is 15.1. The number of hydrogen-bond donors (Lipinski definition) is 2. The van der Waals surface area contributed by atoms with Crippen LogP contribution in [0.4, 0.5) is 5.69 Å². The number of nitrogens with two attached hydrogens (primary N) is 2. The van der Waals surface area contributed by atoms with E-state index in [9.17, 15) is 4.21 Å². The topological polar surface area (TPSA) is 81.5 Å². The van der Waals surface area contributed by atoms with Gasteiger partial charge in [-0.15, -0.1) is 0 Å². The van der Waals surface area contributed by atoms with E-state index in [1.165, 1.54) is 11.1 Å². The summed E-state index contributed by atoms with van der Waals surface area (Å²) < 4.78 is 12.9. The predicted molar refractivity (Wildman–Crippen MR) is 117 cm³/mol. The quantitative estimate of drug-likeness (QED) is 0.461. The second kappa shape index (κ2) is 9.33. The molecule has 0 aliphatic heterocycles. The van der Waals surface area contributed by atoms with Crippen LogP contribution in [0.15, 0.2) is 88.8 Å². The van der Waals surface area contributed by atoms with Gasteiger partial charge in [0.15, 0.2) is 5.96 Å². The Labute approximate surface area is 168 Å². The molecule has 4 nitrogen and oxygen atoms in total. The fraction of sp³-hybridized carbons (Fsp3) is 0.174. The first-order valence-corrected chi connectivity index (χ1v) is 10.6. The zero-order valence-electron chi connectivity index (χ0n) is 15.9. The Morgan fingerprint density at radius 1 is 0.929 bits per heavy atom. The molecule has 144 valence electrons. The van der Waals surface area contributed by atoms with Crippen LogP contribution in [-0.4, -0.2) is 10.2 Å². The third kappa shape index (κ3) is 5.08. The van der Waals surface area contributed by atoms with E-state index in [4.69, 9.17) is 11.5 Å². The van der Waals surface area contributed by atoms with Crippen LogP contribution in [0.2, 0.25) is 0 Å². The van der Waals surface area contributed by atoms with Crippen LogP contribution in [0.5, 0.6) is 0 Å². The van der Waals surface area contributed by atoms with Crippen molar-refractivity contribution in [2.45, 2.75) is 29.9 Å². The summed E-state index contributed by atoms with van der Waals surface area (Å²) in [5, 5.41) is 0. The van der Waals surface area contributed by atoms with E-state index >= 15 is 0 Å². The van der Waals surface area contributed by atoms with Crippen LogP contribution < -0.4 is 11.5 Å². The number of guanidine groups is 1. The highest BCUT2D eigenvalue weighted by molar-refractivity contribution is 7.84. The zero-order valence-corrected chi connectivity index (χ0v) is 16.7. The highest BCUT2D eigenvalue weighted by atomic mass is 32.2. The lowest BCUT2D eigenvalue weighted by Crippen LogP contribution is -2.21. The Hall–Kier alpha value is -2.92. The maximum absolute atomic E-state index is 12.9. The lowest BCUT2D eigenvalue weighted by Gasteiger charge is -2.17. The lowest BCUT2D eigenvalue weighted by molar-refractivity contribution is 0.682. The van der Waals surface area contributed by atoms with E-state index < -0.39 is 10.8 Å². The van der Waals surface area contributed by atoms with Crippen LogP contribution in [0.3, 0.4) is 0 Å².